The smallest absolute Gasteiger partial charge is 0.216 e. The SMILES string of the molecule is Cc1cc(-c2n[nH]c(=S)n2N=Cc2cc(I)cc(I)c2O)n[nH]1. The van der Waals surface area contributed by atoms with Crippen LogP contribution in [0.15, 0.2) is 23.3 Å². The van der Waals surface area contributed by atoms with E-state index in [9.17, 15) is 5.11 Å². The molecule has 2 aromatic heterocycles. The summed E-state index contributed by atoms with van der Waals surface area (Å²) in [6.45, 7) is 1.90. The van der Waals surface area contributed by atoms with Crippen LogP contribution in [0, 0.1) is 18.8 Å². The van der Waals surface area contributed by atoms with Crippen LogP contribution in [-0.4, -0.2) is 36.4 Å². The molecule has 0 unspecified atom stereocenters. The Morgan fingerprint density at radius 3 is 2.74 bits per heavy atom. The van der Waals surface area contributed by atoms with Gasteiger partial charge in [-0.1, -0.05) is 0 Å². The summed E-state index contributed by atoms with van der Waals surface area (Å²) in [6.07, 6.45) is 1.55. The number of aromatic nitrogens is 5. The first kappa shape index (κ1) is 16.6. The molecule has 3 N–H and O–H groups in total. The van der Waals surface area contributed by atoms with E-state index in [1.165, 1.54) is 4.68 Å². The number of benzene rings is 1. The van der Waals surface area contributed by atoms with Gasteiger partial charge in [-0.2, -0.15) is 20.0 Å². The normalized spacial score (nSPS) is 11.4. The predicted octanol–water partition coefficient (Wildman–Crippen LogP) is 3.44. The van der Waals surface area contributed by atoms with Gasteiger partial charge in [0.2, 0.25) is 10.6 Å². The van der Waals surface area contributed by atoms with E-state index in [-0.39, 0.29) is 5.75 Å². The van der Waals surface area contributed by atoms with Crippen LogP contribution in [0.5, 0.6) is 5.75 Å². The molecule has 0 atom stereocenters. The van der Waals surface area contributed by atoms with E-state index in [0.29, 0.717) is 21.9 Å². The second-order valence-corrected chi connectivity index (χ2v) is 7.46. The first-order chi connectivity index (χ1) is 11.0. The molecule has 0 spiro atoms. The third-order valence-electron chi connectivity index (χ3n) is 2.96. The lowest BCUT2D eigenvalue weighted by atomic mass is 10.2. The molecule has 0 amide bonds. The Morgan fingerprint density at radius 2 is 2.04 bits per heavy atom. The molecule has 1 aromatic carbocycles. The van der Waals surface area contributed by atoms with Gasteiger partial charge in [0.05, 0.1) is 9.78 Å². The summed E-state index contributed by atoms with van der Waals surface area (Å²) in [7, 11) is 0. The largest absolute Gasteiger partial charge is 0.506 e. The number of rotatable bonds is 3. The highest BCUT2D eigenvalue weighted by Gasteiger charge is 2.11. The second kappa shape index (κ2) is 6.68. The number of aromatic hydroxyl groups is 1. The van der Waals surface area contributed by atoms with Gasteiger partial charge in [-0.15, -0.1) is 0 Å². The van der Waals surface area contributed by atoms with E-state index in [1.807, 2.05) is 25.1 Å². The summed E-state index contributed by atoms with van der Waals surface area (Å²) in [4.78, 5) is 0. The molecule has 0 aliphatic carbocycles. The molecule has 23 heavy (non-hydrogen) atoms. The monoisotopic (exact) mass is 552 g/mol. The zero-order valence-electron chi connectivity index (χ0n) is 11.7. The van der Waals surface area contributed by atoms with Crippen LogP contribution < -0.4 is 0 Å². The highest BCUT2D eigenvalue weighted by Crippen LogP contribution is 2.26. The topological polar surface area (TPSA) is 94.9 Å². The van der Waals surface area contributed by atoms with Crippen LogP contribution in [0.2, 0.25) is 0 Å². The maximum Gasteiger partial charge on any atom is 0.216 e. The fraction of sp³-hybridized carbons (Fsp3) is 0.0769. The highest BCUT2D eigenvalue weighted by atomic mass is 127. The third-order valence-corrected chi connectivity index (χ3v) is 4.66. The maximum atomic E-state index is 10.1. The number of nitrogens with one attached hydrogen (secondary N) is 2. The van der Waals surface area contributed by atoms with E-state index >= 15 is 0 Å². The summed E-state index contributed by atoms with van der Waals surface area (Å²) >= 11 is 9.47. The highest BCUT2D eigenvalue weighted by molar-refractivity contribution is 14.1. The molecule has 3 aromatic rings. The van der Waals surface area contributed by atoms with E-state index in [1.54, 1.807) is 6.21 Å². The minimum absolute atomic E-state index is 0.182. The molecule has 0 aliphatic rings. The summed E-state index contributed by atoms with van der Waals surface area (Å²) in [6, 6.07) is 5.57. The quantitative estimate of drug-likeness (QED) is 0.264. The van der Waals surface area contributed by atoms with Crippen molar-refractivity contribution in [2.24, 2.45) is 5.10 Å². The molecule has 3 rings (SSSR count). The number of aryl methyl sites for hydroxylation is 1. The van der Waals surface area contributed by atoms with Gasteiger partial charge < -0.3 is 5.11 Å². The van der Waals surface area contributed by atoms with Gasteiger partial charge in [0.25, 0.3) is 0 Å². The van der Waals surface area contributed by atoms with Crippen molar-refractivity contribution >= 4 is 63.6 Å². The lowest BCUT2D eigenvalue weighted by Crippen LogP contribution is -1.96. The summed E-state index contributed by atoms with van der Waals surface area (Å²) in [5.41, 5.74) is 2.15. The molecule has 0 bridgehead atoms. The predicted molar refractivity (Wildman–Crippen MR) is 106 cm³/mol. The number of H-pyrrole nitrogens is 2. The van der Waals surface area contributed by atoms with Crippen molar-refractivity contribution in [3.63, 3.8) is 0 Å². The standard InChI is InChI=1S/C13H10I2N6OS/c1-6-2-10(18-17-6)12-19-20-13(23)21(12)16-5-7-3-8(14)4-9(15)11(7)22/h2-5,22H,1H3,(H,17,18)(H,20,23). The van der Waals surface area contributed by atoms with Crippen molar-refractivity contribution in [3.8, 4) is 17.3 Å². The number of halogens is 2. The van der Waals surface area contributed by atoms with Gasteiger partial charge >= 0.3 is 0 Å². The Hall–Kier alpha value is -1.28. The van der Waals surface area contributed by atoms with Crippen molar-refractivity contribution < 1.29 is 5.11 Å². The number of nitrogens with zero attached hydrogens (tertiary/aromatic N) is 4. The Balaban J connectivity index is 2.04. The molecular formula is C13H10I2N6OS. The Morgan fingerprint density at radius 1 is 1.26 bits per heavy atom. The minimum atomic E-state index is 0.182. The maximum absolute atomic E-state index is 10.1. The summed E-state index contributed by atoms with van der Waals surface area (Å²) < 4.78 is 3.58. The number of hydrogen-bond donors (Lipinski definition) is 3. The van der Waals surface area contributed by atoms with E-state index in [4.69, 9.17) is 12.2 Å². The van der Waals surface area contributed by atoms with Gasteiger partial charge in [-0.3, -0.25) is 5.10 Å². The van der Waals surface area contributed by atoms with Crippen LogP contribution in [-0.2, 0) is 0 Å². The van der Waals surface area contributed by atoms with Crippen LogP contribution >= 0.6 is 57.4 Å². The molecule has 0 fully saturated rings. The Bertz CT molecular complexity index is 958. The number of phenolic OH excluding ortho intramolecular Hbond substituents is 1. The first-order valence-electron chi connectivity index (χ1n) is 6.38. The van der Waals surface area contributed by atoms with Gasteiger partial charge in [0.15, 0.2) is 0 Å². The molecule has 118 valence electrons. The van der Waals surface area contributed by atoms with E-state index in [2.05, 4.69) is 70.7 Å². The lowest BCUT2D eigenvalue weighted by molar-refractivity contribution is 0.470. The van der Waals surface area contributed by atoms with Crippen molar-refractivity contribution in [1.29, 1.82) is 0 Å². The molecule has 7 nitrogen and oxygen atoms in total. The Kier molecular flexibility index (Phi) is 4.82. The molecule has 10 heteroatoms. The number of hydrogen-bond acceptors (Lipinski definition) is 5. The average molecular weight is 552 g/mol. The third kappa shape index (κ3) is 3.47. The van der Waals surface area contributed by atoms with Crippen LogP contribution in [0.4, 0.5) is 0 Å². The zero-order chi connectivity index (χ0) is 16.6. The second-order valence-electron chi connectivity index (χ2n) is 4.67. The van der Waals surface area contributed by atoms with Gasteiger partial charge in [0.1, 0.15) is 11.4 Å². The molecule has 0 saturated heterocycles. The van der Waals surface area contributed by atoms with Crippen LogP contribution in [0.3, 0.4) is 0 Å². The van der Waals surface area contributed by atoms with Crippen molar-refractivity contribution in [3.05, 3.63) is 41.4 Å². The molecule has 0 saturated carbocycles. The molecule has 2 heterocycles. The fourth-order valence-corrected chi connectivity index (χ4v) is 3.97. The van der Waals surface area contributed by atoms with Gasteiger partial charge in [-0.25, -0.2) is 5.10 Å². The number of phenols is 1. The van der Waals surface area contributed by atoms with E-state index < -0.39 is 0 Å². The van der Waals surface area contributed by atoms with Crippen LogP contribution in [0.25, 0.3) is 11.5 Å². The first-order valence-corrected chi connectivity index (χ1v) is 8.94. The molecule has 0 radical (unpaired) electrons. The Labute approximate surface area is 163 Å². The number of aromatic amines is 2. The van der Waals surface area contributed by atoms with Crippen molar-refractivity contribution in [2.75, 3.05) is 0 Å². The van der Waals surface area contributed by atoms with Gasteiger partial charge in [0, 0.05) is 14.8 Å². The minimum Gasteiger partial charge on any atom is -0.506 e. The van der Waals surface area contributed by atoms with Crippen molar-refractivity contribution in [1.82, 2.24) is 25.1 Å². The lowest BCUT2D eigenvalue weighted by Gasteiger charge is -2.03. The molecular weight excluding hydrogens is 542 g/mol. The van der Waals surface area contributed by atoms with Gasteiger partial charge in [-0.05, 0) is 82.5 Å². The fourth-order valence-electron chi connectivity index (χ4n) is 1.90. The summed E-state index contributed by atoms with van der Waals surface area (Å²) in [5, 5.41) is 28.3. The summed E-state index contributed by atoms with van der Waals surface area (Å²) in [5.74, 6) is 0.678. The zero-order valence-corrected chi connectivity index (χ0v) is 16.8. The van der Waals surface area contributed by atoms with Crippen molar-refractivity contribution in [2.45, 2.75) is 6.92 Å². The van der Waals surface area contributed by atoms with Crippen LogP contribution in [0.1, 0.15) is 11.3 Å². The van der Waals surface area contributed by atoms with E-state index in [0.717, 1.165) is 12.8 Å². The average Bonchev–Trinajstić information content (AvgIpc) is 3.07. The molecule has 0 aliphatic heterocycles.